The molecule has 3 aromatic rings. The number of carbonyl (C=O) groups excluding carboxylic acids is 1. The third-order valence-corrected chi connectivity index (χ3v) is 4.68. The Balaban J connectivity index is 1.63. The van der Waals surface area contributed by atoms with Crippen molar-refractivity contribution in [3.05, 3.63) is 76.6 Å². The number of nitrogens with zero attached hydrogens (tertiary/aromatic N) is 1. The van der Waals surface area contributed by atoms with Gasteiger partial charge < -0.3 is 15.1 Å². The van der Waals surface area contributed by atoms with Crippen molar-refractivity contribution in [2.75, 3.05) is 6.54 Å². The van der Waals surface area contributed by atoms with E-state index in [-0.39, 0.29) is 18.0 Å². The van der Waals surface area contributed by atoms with Crippen LogP contribution in [0.1, 0.15) is 35.2 Å². The summed E-state index contributed by atoms with van der Waals surface area (Å²) in [7, 11) is 0. The zero-order valence-electron chi connectivity index (χ0n) is 13.3. The standard InChI is InChI=1S/C18H19N3O2S/c1-13(17-19-9-11-24-17)12-20-18(22)21-16(15-8-5-10-23-15)14-6-3-2-4-7-14/h2-11,13,16H,12H2,1H3,(H2,20,21,22)/t13-,16-/m1/s1. The second-order valence-corrected chi connectivity index (χ2v) is 6.41. The van der Waals surface area contributed by atoms with Crippen molar-refractivity contribution in [1.82, 2.24) is 15.6 Å². The Kier molecular flexibility index (Phi) is 5.28. The van der Waals surface area contributed by atoms with Gasteiger partial charge in [-0.15, -0.1) is 11.3 Å². The smallest absolute Gasteiger partial charge is 0.315 e. The first-order valence-corrected chi connectivity index (χ1v) is 8.64. The summed E-state index contributed by atoms with van der Waals surface area (Å²) >= 11 is 1.59. The van der Waals surface area contributed by atoms with Gasteiger partial charge in [0.05, 0.1) is 11.3 Å². The van der Waals surface area contributed by atoms with Crippen LogP contribution in [0.2, 0.25) is 0 Å². The molecule has 6 heteroatoms. The third kappa shape index (κ3) is 4.02. The van der Waals surface area contributed by atoms with Crippen molar-refractivity contribution in [3.63, 3.8) is 0 Å². The van der Waals surface area contributed by atoms with E-state index in [1.165, 1.54) is 0 Å². The van der Waals surface area contributed by atoms with Crippen LogP contribution in [0.15, 0.2) is 64.7 Å². The predicted molar refractivity (Wildman–Crippen MR) is 94.1 cm³/mol. The Labute approximate surface area is 144 Å². The summed E-state index contributed by atoms with van der Waals surface area (Å²) in [5.74, 6) is 0.874. The highest BCUT2D eigenvalue weighted by molar-refractivity contribution is 7.09. The number of benzene rings is 1. The van der Waals surface area contributed by atoms with Crippen molar-refractivity contribution in [2.45, 2.75) is 18.9 Å². The first-order valence-electron chi connectivity index (χ1n) is 7.76. The molecule has 2 amide bonds. The van der Waals surface area contributed by atoms with Gasteiger partial charge in [-0.3, -0.25) is 0 Å². The van der Waals surface area contributed by atoms with E-state index in [1.807, 2.05) is 54.8 Å². The fourth-order valence-electron chi connectivity index (χ4n) is 2.41. The minimum Gasteiger partial charge on any atom is -0.467 e. The molecule has 2 N–H and O–H groups in total. The topological polar surface area (TPSA) is 67.2 Å². The molecule has 0 saturated carbocycles. The van der Waals surface area contributed by atoms with Gasteiger partial charge in [-0.1, -0.05) is 37.3 Å². The Morgan fingerprint density at radius 3 is 2.75 bits per heavy atom. The fraction of sp³-hybridized carbons (Fsp3) is 0.222. The number of aromatic nitrogens is 1. The molecule has 124 valence electrons. The van der Waals surface area contributed by atoms with Crippen molar-refractivity contribution in [1.29, 1.82) is 0 Å². The average Bonchev–Trinajstić information content (AvgIpc) is 3.31. The van der Waals surface area contributed by atoms with Crippen molar-refractivity contribution in [3.8, 4) is 0 Å². The summed E-state index contributed by atoms with van der Waals surface area (Å²) in [6.07, 6.45) is 3.38. The lowest BCUT2D eigenvalue weighted by molar-refractivity contribution is 0.236. The van der Waals surface area contributed by atoms with Gasteiger partial charge in [-0.2, -0.15) is 0 Å². The quantitative estimate of drug-likeness (QED) is 0.714. The maximum absolute atomic E-state index is 12.3. The van der Waals surface area contributed by atoms with Crippen LogP contribution in [0.3, 0.4) is 0 Å². The van der Waals surface area contributed by atoms with E-state index in [2.05, 4.69) is 15.6 Å². The van der Waals surface area contributed by atoms with Gasteiger partial charge in [-0.05, 0) is 17.7 Å². The summed E-state index contributed by atoms with van der Waals surface area (Å²) in [6, 6.07) is 12.9. The van der Waals surface area contributed by atoms with E-state index in [9.17, 15) is 4.79 Å². The summed E-state index contributed by atoms with van der Waals surface area (Å²) < 4.78 is 5.48. The molecule has 3 rings (SSSR count). The minimum atomic E-state index is -0.323. The summed E-state index contributed by atoms with van der Waals surface area (Å²) in [5.41, 5.74) is 0.968. The maximum Gasteiger partial charge on any atom is 0.315 e. The van der Waals surface area contributed by atoms with Gasteiger partial charge in [0.15, 0.2) is 0 Å². The average molecular weight is 341 g/mol. The molecule has 0 aliphatic heterocycles. The zero-order chi connectivity index (χ0) is 16.8. The van der Waals surface area contributed by atoms with Crippen LogP contribution in [0.5, 0.6) is 0 Å². The molecule has 0 spiro atoms. The van der Waals surface area contributed by atoms with Crippen LogP contribution in [0.25, 0.3) is 0 Å². The summed E-state index contributed by atoms with van der Waals surface area (Å²) in [6.45, 7) is 2.57. The predicted octanol–water partition coefficient (Wildman–Crippen LogP) is 3.93. The highest BCUT2D eigenvalue weighted by Gasteiger charge is 2.19. The van der Waals surface area contributed by atoms with E-state index in [0.29, 0.717) is 12.3 Å². The van der Waals surface area contributed by atoms with E-state index in [4.69, 9.17) is 4.42 Å². The first-order chi connectivity index (χ1) is 11.7. The second kappa shape index (κ2) is 7.79. The molecular formula is C18H19N3O2S. The van der Waals surface area contributed by atoms with Crippen molar-refractivity contribution < 1.29 is 9.21 Å². The first kappa shape index (κ1) is 16.3. The normalized spacial score (nSPS) is 13.2. The van der Waals surface area contributed by atoms with Crippen LogP contribution in [-0.2, 0) is 0 Å². The number of hydrogen-bond acceptors (Lipinski definition) is 4. The lowest BCUT2D eigenvalue weighted by Crippen LogP contribution is -2.39. The molecule has 0 radical (unpaired) electrons. The summed E-state index contributed by atoms with van der Waals surface area (Å²) in [5, 5.41) is 8.84. The number of thiazole rings is 1. The molecule has 0 fully saturated rings. The molecule has 24 heavy (non-hydrogen) atoms. The maximum atomic E-state index is 12.3. The Bertz CT molecular complexity index is 742. The Hall–Kier alpha value is -2.60. The lowest BCUT2D eigenvalue weighted by Gasteiger charge is -2.18. The highest BCUT2D eigenvalue weighted by Crippen LogP contribution is 2.22. The van der Waals surface area contributed by atoms with Crippen molar-refractivity contribution >= 4 is 17.4 Å². The number of amides is 2. The van der Waals surface area contributed by atoms with Gasteiger partial charge >= 0.3 is 6.03 Å². The molecule has 2 atom stereocenters. The van der Waals surface area contributed by atoms with Gasteiger partial charge in [0.1, 0.15) is 11.8 Å². The number of carbonyl (C=O) groups is 1. The lowest BCUT2D eigenvalue weighted by atomic mass is 10.0. The third-order valence-electron chi connectivity index (χ3n) is 3.68. The highest BCUT2D eigenvalue weighted by atomic mass is 32.1. The van der Waals surface area contributed by atoms with Crippen molar-refractivity contribution in [2.24, 2.45) is 0 Å². The molecule has 1 aromatic carbocycles. The second-order valence-electron chi connectivity index (χ2n) is 5.48. The van der Waals surface area contributed by atoms with Crippen LogP contribution >= 0.6 is 11.3 Å². The van der Waals surface area contributed by atoms with Gasteiger partial charge in [-0.25, -0.2) is 9.78 Å². The molecule has 0 aliphatic rings. The number of hydrogen-bond donors (Lipinski definition) is 2. The van der Waals surface area contributed by atoms with E-state index >= 15 is 0 Å². The molecule has 5 nitrogen and oxygen atoms in total. The van der Waals surface area contributed by atoms with E-state index in [1.54, 1.807) is 23.8 Å². The van der Waals surface area contributed by atoms with Crippen LogP contribution in [0, 0.1) is 0 Å². The van der Waals surface area contributed by atoms with Crippen LogP contribution < -0.4 is 10.6 Å². The number of urea groups is 1. The number of nitrogens with one attached hydrogen (secondary N) is 2. The fourth-order valence-corrected chi connectivity index (χ4v) is 3.11. The summed E-state index contributed by atoms with van der Waals surface area (Å²) in [4.78, 5) is 16.6. The SMILES string of the molecule is C[C@H](CNC(=O)N[C@H](c1ccccc1)c1ccco1)c1nccs1. The van der Waals surface area contributed by atoms with E-state index < -0.39 is 0 Å². The molecule has 0 saturated heterocycles. The molecule has 2 aromatic heterocycles. The van der Waals surface area contributed by atoms with Gasteiger partial charge in [0.25, 0.3) is 0 Å². The number of rotatable bonds is 6. The van der Waals surface area contributed by atoms with Crippen LogP contribution in [0.4, 0.5) is 4.79 Å². The zero-order valence-corrected chi connectivity index (χ0v) is 14.1. The van der Waals surface area contributed by atoms with E-state index in [0.717, 1.165) is 10.6 Å². The molecule has 2 heterocycles. The van der Waals surface area contributed by atoms with Gasteiger partial charge in [0.2, 0.25) is 0 Å². The Morgan fingerprint density at radius 1 is 1.25 bits per heavy atom. The largest absolute Gasteiger partial charge is 0.467 e. The molecule has 0 unspecified atom stereocenters. The molecular weight excluding hydrogens is 322 g/mol. The van der Waals surface area contributed by atoms with Gasteiger partial charge in [0, 0.05) is 24.0 Å². The Morgan fingerprint density at radius 2 is 2.08 bits per heavy atom. The monoisotopic (exact) mass is 341 g/mol. The molecule has 0 aliphatic carbocycles. The number of furan rings is 1. The molecule has 0 bridgehead atoms. The van der Waals surface area contributed by atoms with Crippen LogP contribution in [-0.4, -0.2) is 17.6 Å². The minimum absolute atomic E-state index is 0.175.